The summed E-state index contributed by atoms with van der Waals surface area (Å²) in [5, 5.41) is 20.8. The molecule has 0 aliphatic rings. The van der Waals surface area contributed by atoms with Gasteiger partial charge in [-0.3, -0.25) is 0 Å². The van der Waals surface area contributed by atoms with Crippen molar-refractivity contribution >= 4 is 11.9 Å². The quantitative estimate of drug-likeness (QED) is 0.546. The molecule has 0 bridgehead atoms. The van der Waals surface area contributed by atoms with Crippen LogP contribution in [0.3, 0.4) is 0 Å². The lowest BCUT2D eigenvalue weighted by molar-refractivity contribution is -0.326. The Morgan fingerprint density at radius 3 is 1.86 bits per heavy atom. The maximum atomic E-state index is 12.4. The molecule has 0 amide bonds. The van der Waals surface area contributed by atoms with Crippen LogP contribution in [0.5, 0.6) is 0 Å². The average Bonchev–Trinajstić information content (AvgIpc) is 2.07. The van der Waals surface area contributed by atoms with Gasteiger partial charge in [-0.2, -0.15) is 0 Å². The first-order valence-electron chi connectivity index (χ1n) is 3.69. The van der Waals surface area contributed by atoms with Gasteiger partial charge in [0.2, 0.25) is 0 Å². The molecule has 14 heavy (non-hydrogen) atoms. The van der Waals surface area contributed by atoms with Crippen molar-refractivity contribution in [1.29, 1.82) is 0 Å². The Kier molecular flexibility index (Phi) is 2.81. The van der Waals surface area contributed by atoms with E-state index in [-0.39, 0.29) is 5.56 Å². The van der Waals surface area contributed by atoms with Crippen LogP contribution in [0.25, 0.3) is 0 Å². The number of carbonyl (C=O) groups is 2. The highest BCUT2D eigenvalue weighted by molar-refractivity contribution is 5.96. The molecule has 0 saturated carbocycles. The highest BCUT2D eigenvalue weighted by Crippen LogP contribution is 2.14. The van der Waals surface area contributed by atoms with Crippen molar-refractivity contribution in [2.24, 2.45) is 0 Å². The van der Waals surface area contributed by atoms with E-state index in [1.54, 1.807) is 0 Å². The Bertz CT molecular complexity index is 344. The molecule has 0 unspecified atom stereocenters. The van der Waals surface area contributed by atoms with Gasteiger partial charge in [0.15, 0.2) is 0 Å². The summed E-state index contributed by atoms with van der Waals surface area (Å²) in [4.78, 5) is 20.8. The fourth-order valence-corrected chi connectivity index (χ4v) is 1.02. The van der Waals surface area contributed by atoms with Gasteiger partial charge >= 0.3 is 0 Å². The number of halogens is 1. The summed E-state index contributed by atoms with van der Waals surface area (Å²) in [5.41, 5.74) is -0.0774. The smallest absolute Gasteiger partial charge is 0.123 e. The molecule has 0 fully saturated rings. The van der Waals surface area contributed by atoms with Crippen LogP contribution in [0.4, 0.5) is 4.39 Å². The summed E-state index contributed by atoms with van der Waals surface area (Å²) in [6.45, 7) is 0. The second-order valence-corrected chi connectivity index (χ2v) is 2.62. The molecule has 0 spiro atoms. The number of carboxylic acid groups (broad SMARTS) is 2. The van der Waals surface area contributed by atoms with E-state index in [1.165, 1.54) is 0 Å². The van der Waals surface area contributed by atoms with Crippen LogP contribution in [0.1, 0.15) is 11.5 Å². The normalized spacial score (nSPS) is 10.1. The van der Waals surface area contributed by atoms with Crippen LogP contribution in [0.15, 0.2) is 24.3 Å². The maximum Gasteiger partial charge on any atom is 0.123 e. The minimum atomic E-state index is -1.87. The molecule has 0 aliphatic carbocycles. The first-order valence-corrected chi connectivity index (χ1v) is 3.69. The van der Waals surface area contributed by atoms with E-state index >= 15 is 0 Å². The van der Waals surface area contributed by atoms with Gasteiger partial charge in [-0.05, 0) is 17.7 Å². The molecule has 0 saturated heterocycles. The number of hydrogen-bond acceptors (Lipinski definition) is 4. The molecule has 1 aromatic rings. The second kappa shape index (κ2) is 3.87. The van der Waals surface area contributed by atoms with Crippen LogP contribution in [-0.2, 0) is 9.59 Å². The Morgan fingerprint density at radius 2 is 1.50 bits per heavy atom. The minimum absolute atomic E-state index is 0.0774. The van der Waals surface area contributed by atoms with Gasteiger partial charge < -0.3 is 19.8 Å². The van der Waals surface area contributed by atoms with Crippen molar-refractivity contribution in [2.45, 2.75) is 5.92 Å². The second-order valence-electron chi connectivity index (χ2n) is 2.62. The standard InChI is InChI=1S/C9H7FO4/c10-6-3-1-5(2-4-6)7(8(11)12)9(13)14/h1-4,7H,(H,11,12)(H,13,14)/p-2. The lowest BCUT2D eigenvalue weighted by atomic mass is 10.00. The van der Waals surface area contributed by atoms with E-state index in [9.17, 15) is 24.2 Å². The van der Waals surface area contributed by atoms with Crippen LogP contribution >= 0.6 is 0 Å². The van der Waals surface area contributed by atoms with Gasteiger partial charge in [-0.15, -0.1) is 0 Å². The predicted octanol–water partition coefficient (Wildman–Crippen LogP) is -1.59. The maximum absolute atomic E-state index is 12.4. The van der Waals surface area contributed by atoms with Crippen LogP contribution in [-0.4, -0.2) is 11.9 Å². The van der Waals surface area contributed by atoms with E-state index in [2.05, 4.69) is 0 Å². The van der Waals surface area contributed by atoms with Crippen molar-refractivity contribution < 1.29 is 24.2 Å². The minimum Gasteiger partial charge on any atom is -0.549 e. The van der Waals surface area contributed by atoms with Gasteiger partial charge in [0.25, 0.3) is 0 Å². The largest absolute Gasteiger partial charge is 0.549 e. The Labute approximate surface area is 78.6 Å². The van der Waals surface area contributed by atoms with Gasteiger partial charge in [0.05, 0.1) is 17.9 Å². The van der Waals surface area contributed by atoms with Crippen molar-refractivity contribution in [1.82, 2.24) is 0 Å². The van der Waals surface area contributed by atoms with E-state index in [0.29, 0.717) is 0 Å². The molecule has 0 aromatic heterocycles. The van der Waals surface area contributed by atoms with Gasteiger partial charge in [0, 0.05) is 0 Å². The third-order valence-corrected chi connectivity index (χ3v) is 1.67. The highest BCUT2D eigenvalue weighted by Gasteiger charge is 2.13. The molecule has 0 heterocycles. The third-order valence-electron chi connectivity index (χ3n) is 1.67. The summed E-state index contributed by atoms with van der Waals surface area (Å²) in [6, 6.07) is 4.06. The van der Waals surface area contributed by atoms with Crippen molar-refractivity contribution in [3.8, 4) is 0 Å². The molecule has 0 aliphatic heterocycles. The van der Waals surface area contributed by atoms with Crippen LogP contribution in [0.2, 0.25) is 0 Å². The van der Waals surface area contributed by atoms with Crippen molar-refractivity contribution in [2.75, 3.05) is 0 Å². The number of aliphatic carboxylic acids is 2. The Balaban J connectivity index is 3.06. The highest BCUT2D eigenvalue weighted by atomic mass is 19.1. The lowest BCUT2D eigenvalue weighted by Gasteiger charge is -2.19. The van der Waals surface area contributed by atoms with Crippen molar-refractivity contribution in [3.63, 3.8) is 0 Å². The molecule has 0 radical (unpaired) electrons. The molecule has 0 N–H and O–H groups in total. The van der Waals surface area contributed by atoms with E-state index in [4.69, 9.17) is 0 Å². The fraction of sp³-hybridized carbons (Fsp3) is 0.111. The van der Waals surface area contributed by atoms with E-state index < -0.39 is 23.7 Å². The summed E-state index contributed by atoms with van der Waals surface area (Å²) in [7, 11) is 0. The summed E-state index contributed by atoms with van der Waals surface area (Å²) < 4.78 is 12.4. The van der Waals surface area contributed by atoms with Gasteiger partial charge in [-0.25, -0.2) is 4.39 Å². The summed E-state index contributed by atoms with van der Waals surface area (Å²) in [5.74, 6) is -6.01. The molecular weight excluding hydrogens is 191 g/mol. The molecular formula is C9H5FO4-2. The summed E-state index contributed by atoms with van der Waals surface area (Å²) >= 11 is 0. The molecule has 1 aromatic carbocycles. The fourth-order valence-electron chi connectivity index (χ4n) is 1.02. The zero-order valence-corrected chi connectivity index (χ0v) is 6.90. The zero-order chi connectivity index (χ0) is 10.7. The van der Waals surface area contributed by atoms with Gasteiger partial charge in [-0.1, -0.05) is 12.1 Å². The topological polar surface area (TPSA) is 80.3 Å². The molecule has 5 heteroatoms. The molecule has 4 nitrogen and oxygen atoms in total. The monoisotopic (exact) mass is 196 g/mol. The first kappa shape index (κ1) is 10.2. The van der Waals surface area contributed by atoms with E-state index in [0.717, 1.165) is 24.3 Å². The number of rotatable bonds is 3. The molecule has 74 valence electrons. The van der Waals surface area contributed by atoms with Gasteiger partial charge in [0.1, 0.15) is 5.82 Å². The zero-order valence-electron chi connectivity index (χ0n) is 6.90. The first-order chi connectivity index (χ1) is 6.52. The number of carboxylic acids is 2. The van der Waals surface area contributed by atoms with Crippen molar-refractivity contribution in [3.05, 3.63) is 35.6 Å². The summed E-state index contributed by atoms with van der Waals surface area (Å²) in [6.07, 6.45) is 0. The third kappa shape index (κ3) is 2.07. The lowest BCUT2D eigenvalue weighted by Crippen LogP contribution is -2.41. The van der Waals surface area contributed by atoms with Crippen LogP contribution in [0, 0.1) is 5.82 Å². The predicted molar refractivity (Wildman–Crippen MR) is 39.2 cm³/mol. The Hall–Kier alpha value is -1.91. The number of hydrogen-bond donors (Lipinski definition) is 0. The van der Waals surface area contributed by atoms with E-state index in [1.807, 2.05) is 0 Å². The number of carbonyl (C=O) groups excluding carboxylic acids is 2. The molecule has 0 atom stereocenters. The average molecular weight is 196 g/mol. The molecule has 1 rings (SSSR count). The SMILES string of the molecule is O=C([O-])C(C(=O)[O-])c1ccc(F)cc1. The van der Waals surface area contributed by atoms with Crippen LogP contribution < -0.4 is 10.2 Å². The number of benzene rings is 1. The Morgan fingerprint density at radius 1 is 1.07 bits per heavy atom.